The van der Waals surface area contributed by atoms with Crippen molar-refractivity contribution in [2.75, 3.05) is 31.5 Å². The second kappa shape index (κ2) is 7.76. The number of aromatic nitrogens is 2. The highest BCUT2D eigenvalue weighted by Crippen LogP contribution is 2.22. The van der Waals surface area contributed by atoms with Crippen molar-refractivity contribution < 1.29 is 14.4 Å². The fourth-order valence-electron chi connectivity index (χ4n) is 3.56. The molecule has 9 heteroatoms. The molecule has 3 N–H and O–H groups in total. The van der Waals surface area contributed by atoms with Crippen LogP contribution in [0.25, 0.3) is 0 Å². The van der Waals surface area contributed by atoms with E-state index in [1.165, 1.54) is 0 Å². The third-order valence-corrected chi connectivity index (χ3v) is 5.02. The van der Waals surface area contributed by atoms with Crippen molar-refractivity contribution >= 4 is 23.5 Å². The fraction of sp³-hybridized carbons (Fsp3) is 0.647. The maximum atomic E-state index is 12.7. The average molecular weight is 362 g/mol. The number of carbonyl (C=O) groups excluding carboxylic acids is 3. The second-order valence-corrected chi connectivity index (χ2v) is 6.86. The number of nitrogens with zero attached hydrogens (tertiary/aromatic N) is 4. The molecule has 1 aromatic rings. The maximum Gasteiger partial charge on any atom is 0.320 e. The molecule has 4 amide bonds. The summed E-state index contributed by atoms with van der Waals surface area (Å²) < 4.78 is 1.56. The van der Waals surface area contributed by atoms with Crippen LogP contribution < -0.4 is 11.1 Å². The van der Waals surface area contributed by atoms with Gasteiger partial charge in [0.2, 0.25) is 5.91 Å². The molecule has 9 nitrogen and oxygen atoms in total. The van der Waals surface area contributed by atoms with Crippen LogP contribution in [0.2, 0.25) is 0 Å². The molecule has 142 valence electrons. The van der Waals surface area contributed by atoms with Gasteiger partial charge in [0, 0.05) is 38.9 Å². The number of hydrogen-bond acceptors (Lipinski definition) is 4. The van der Waals surface area contributed by atoms with Crippen molar-refractivity contribution in [1.82, 2.24) is 19.6 Å². The lowest BCUT2D eigenvalue weighted by molar-refractivity contribution is -0.121. The lowest BCUT2D eigenvalue weighted by Gasteiger charge is -2.34. The van der Waals surface area contributed by atoms with Crippen LogP contribution in [0.15, 0.2) is 6.20 Å². The summed E-state index contributed by atoms with van der Waals surface area (Å²) in [6.45, 7) is 5.12. The second-order valence-electron chi connectivity index (χ2n) is 6.86. The van der Waals surface area contributed by atoms with Crippen molar-refractivity contribution in [2.45, 2.75) is 39.2 Å². The highest BCUT2D eigenvalue weighted by atomic mass is 16.2. The zero-order valence-corrected chi connectivity index (χ0v) is 15.1. The molecule has 2 aliphatic heterocycles. The van der Waals surface area contributed by atoms with Gasteiger partial charge in [-0.25, -0.2) is 4.79 Å². The first-order chi connectivity index (χ1) is 12.5. The molecule has 3 heterocycles. The van der Waals surface area contributed by atoms with E-state index in [1.54, 1.807) is 15.8 Å². The number of aryl methyl sites for hydroxylation is 1. The number of carbonyl (C=O) groups is 3. The van der Waals surface area contributed by atoms with Crippen LogP contribution in [0.5, 0.6) is 0 Å². The minimum atomic E-state index is -0.679. The van der Waals surface area contributed by atoms with E-state index in [0.29, 0.717) is 31.7 Å². The molecular weight excluding hydrogens is 336 g/mol. The van der Waals surface area contributed by atoms with Crippen LogP contribution in [0.4, 0.5) is 10.5 Å². The normalized spacial score (nSPS) is 20.3. The molecule has 2 aliphatic rings. The van der Waals surface area contributed by atoms with E-state index in [0.717, 1.165) is 32.4 Å². The predicted molar refractivity (Wildman–Crippen MR) is 95.5 cm³/mol. The number of likely N-dealkylation sites (tertiary alicyclic amines) is 2. The summed E-state index contributed by atoms with van der Waals surface area (Å²) in [7, 11) is 0. The predicted octanol–water partition coefficient (Wildman–Crippen LogP) is 0.868. The molecule has 0 bridgehead atoms. The number of anilines is 1. The Bertz CT molecular complexity index is 695. The first-order valence-corrected chi connectivity index (χ1v) is 9.21. The first-order valence-electron chi connectivity index (χ1n) is 9.21. The van der Waals surface area contributed by atoms with Crippen molar-refractivity contribution in [1.29, 1.82) is 0 Å². The van der Waals surface area contributed by atoms with Crippen LogP contribution in [0.3, 0.4) is 0 Å². The molecule has 2 saturated heterocycles. The van der Waals surface area contributed by atoms with Gasteiger partial charge in [-0.15, -0.1) is 0 Å². The number of rotatable bonds is 4. The Kier molecular flexibility index (Phi) is 5.43. The van der Waals surface area contributed by atoms with E-state index in [2.05, 4.69) is 10.4 Å². The summed E-state index contributed by atoms with van der Waals surface area (Å²) in [5.74, 6) is -1.19. The van der Waals surface area contributed by atoms with E-state index in [-0.39, 0.29) is 23.6 Å². The molecular formula is C17H26N6O3. The van der Waals surface area contributed by atoms with E-state index in [9.17, 15) is 14.4 Å². The number of piperidine rings is 1. The zero-order chi connectivity index (χ0) is 18.7. The quantitative estimate of drug-likeness (QED) is 0.827. The fourth-order valence-corrected chi connectivity index (χ4v) is 3.56. The average Bonchev–Trinajstić information content (AvgIpc) is 3.31. The molecule has 0 aromatic carbocycles. The number of hydrogen-bond donors (Lipinski definition) is 2. The van der Waals surface area contributed by atoms with Gasteiger partial charge in [0.05, 0.1) is 11.6 Å². The number of primary amides is 1. The van der Waals surface area contributed by atoms with Gasteiger partial charge in [-0.2, -0.15) is 5.10 Å². The number of nitrogens with two attached hydrogens (primary N) is 1. The molecule has 1 atom stereocenters. The standard InChI is InChI=1S/C17H26N6O3/c1-2-23-11-13(14(20-23)15(18)24)19-16(25)12-6-5-9-22(10-12)17(26)21-7-3-4-8-21/h11-12H,2-10H2,1H3,(H2,18,24)(H,19,25). The highest BCUT2D eigenvalue weighted by molar-refractivity contribution is 6.02. The van der Waals surface area contributed by atoms with Crippen LogP contribution in [-0.4, -0.2) is 63.6 Å². The Morgan fingerprint density at radius 2 is 1.88 bits per heavy atom. The number of amides is 4. The van der Waals surface area contributed by atoms with E-state index < -0.39 is 5.91 Å². The molecule has 0 saturated carbocycles. The summed E-state index contributed by atoms with van der Waals surface area (Å²) in [5.41, 5.74) is 5.73. The van der Waals surface area contributed by atoms with E-state index in [1.807, 2.05) is 11.8 Å². The van der Waals surface area contributed by atoms with E-state index in [4.69, 9.17) is 5.73 Å². The largest absolute Gasteiger partial charge is 0.364 e. The van der Waals surface area contributed by atoms with Gasteiger partial charge >= 0.3 is 6.03 Å². The molecule has 0 radical (unpaired) electrons. The smallest absolute Gasteiger partial charge is 0.320 e. The lowest BCUT2D eigenvalue weighted by Crippen LogP contribution is -2.48. The van der Waals surface area contributed by atoms with E-state index >= 15 is 0 Å². The summed E-state index contributed by atoms with van der Waals surface area (Å²) in [6, 6.07) is 0.0247. The van der Waals surface area contributed by atoms with Crippen molar-refractivity contribution in [2.24, 2.45) is 11.7 Å². The summed E-state index contributed by atoms with van der Waals surface area (Å²) >= 11 is 0. The van der Waals surface area contributed by atoms with Crippen LogP contribution in [0, 0.1) is 5.92 Å². The van der Waals surface area contributed by atoms with Gasteiger partial charge in [-0.3, -0.25) is 14.3 Å². The first kappa shape index (κ1) is 18.2. The molecule has 1 unspecified atom stereocenters. The van der Waals surface area contributed by atoms with Crippen molar-refractivity contribution in [3.05, 3.63) is 11.9 Å². The van der Waals surface area contributed by atoms with Crippen LogP contribution >= 0.6 is 0 Å². The monoisotopic (exact) mass is 362 g/mol. The van der Waals surface area contributed by atoms with Gasteiger partial charge in [0.1, 0.15) is 0 Å². The Hall–Kier alpha value is -2.58. The van der Waals surface area contributed by atoms with Gasteiger partial charge in [0.25, 0.3) is 5.91 Å². The zero-order valence-electron chi connectivity index (χ0n) is 15.1. The van der Waals surface area contributed by atoms with Crippen molar-refractivity contribution in [3.63, 3.8) is 0 Å². The van der Waals surface area contributed by atoms with Gasteiger partial charge < -0.3 is 20.9 Å². The van der Waals surface area contributed by atoms with Crippen LogP contribution in [-0.2, 0) is 11.3 Å². The minimum Gasteiger partial charge on any atom is -0.364 e. The third kappa shape index (κ3) is 3.81. The SMILES string of the molecule is CCn1cc(NC(=O)C2CCCN(C(=O)N3CCCC3)C2)c(C(N)=O)n1. The Morgan fingerprint density at radius 1 is 1.19 bits per heavy atom. The van der Waals surface area contributed by atoms with Crippen molar-refractivity contribution in [3.8, 4) is 0 Å². The molecule has 3 rings (SSSR count). The van der Waals surface area contributed by atoms with Gasteiger partial charge in [-0.05, 0) is 32.6 Å². The van der Waals surface area contributed by atoms with Crippen LogP contribution in [0.1, 0.15) is 43.1 Å². The van der Waals surface area contributed by atoms with Gasteiger partial charge in [0.15, 0.2) is 5.69 Å². The Balaban J connectivity index is 1.65. The third-order valence-electron chi connectivity index (χ3n) is 5.02. The topological polar surface area (TPSA) is 114 Å². The highest BCUT2D eigenvalue weighted by Gasteiger charge is 2.32. The molecule has 26 heavy (non-hydrogen) atoms. The Labute approximate surface area is 152 Å². The number of urea groups is 1. The molecule has 0 spiro atoms. The summed E-state index contributed by atoms with van der Waals surface area (Å²) in [6.07, 6.45) is 5.19. The number of nitrogens with one attached hydrogen (secondary N) is 1. The lowest BCUT2D eigenvalue weighted by atomic mass is 9.97. The maximum absolute atomic E-state index is 12.7. The molecule has 1 aromatic heterocycles. The summed E-state index contributed by atoms with van der Waals surface area (Å²) in [5, 5.41) is 6.85. The Morgan fingerprint density at radius 3 is 2.54 bits per heavy atom. The molecule has 0 aliphatic carbocycles. The minimum absolute atomic E-state index is 0.0247. The molecule has 2 fully saturated rings. The van der Waals surface area contributed by atoms with Gasteiger partial charge in [-0.1, -0.05) is 0 Å². The summed E-state index contributed by atoms with van der Waals surface area (Å²) in [4.78, 5) is 40.4.